The highest BCUT2D eigenvalue weighted by atomic mass is 32.2. The SMILES string of the molecule is NC1CCN(CCCC2CSC2)C1. The van der Waals surface area contributed by atoms with E-state index in [1.54, 1.807) is 0 Å². The van der Waals surface area contributed by atoms with E-state index in [0.29, 0.717) is 6.04 Å². The van der Waals surface area contributed by atoms with Crippen LogP contribution in [0.5, 0.6) is 0 Å². The van der Waals surface area contributed by atoms with Crippen LogP contribution in [0.15, 0.2) is 0 Å². The summed E-state index contributed by atoms with van der Waals surface area (Å²) in [5.74, 6) is 3.88. The van der Waals surface area contributed by atoms with Gasteiger partial charge >= 0.3 is 0 Å². The fourth-order valence-electron chi connectivity index (χ4n) is 2.12. The summed E-state index contributed by atoms with van der Waals surface area (Å²) in [6, 6.07) is 0.458. The number of likely N-dealkylation sites (tertiary alicyclic amines) is 1. The zero-order valence-electron chi connectivity index (χ0n) is 8.24. The van der Waals surface area contributed by atoms with Gasteiger partial charge in [-0.3, -0.25) is 0 Å². The van der Waals surface area contributed by atoms with Crippen LogP contribution in [-0.4, -0.2) is 42.1 Å². The minimum Gasteiger partial charge on any atom is -0.326 e. The van der Waals surface area contributed by atoms with E-state index in [1.165, 1.54) is 43.9 Å². The zero-order chi connectivity index (χ0) is 9.10. The lowest BCUT2D eigenvalue weighted by atomic mass is 10.1. The average Bonchev–Trinajstić information content (AvgIpc) is 2.42. The fraction of sp³-hybridized carbons (Fsp3) is 1.00. The summed E-state index contributed by atoms with van der Waals surface area (Å²) in [4.78, 5) is 2.52. The van der Waals surface area contributed by atoms with E-state index in [1.807, 2.05) is 0 Å². The summed E-state index contributed by atoms with van der Waals surface area (Å²) in [6.07, 6.45) is 4.04. The largest absolute Gasteiger partial charge is 0.326 e. The van der Waals surface area contributed by atoms with E-state index < -0.39 is 0 Å². The first-order valence-corrected chi connectivity index (χ1v) is 6.56. The van der Waals surface area contributed by atoms with Crippen LogP contribution in [0.4, 0.5) is 0 Å². The zero-order valence-corrected chi connectivity index (χ0v) is 9.06. The van der Waals surface area contributed by atoms with Crippen LogP contribution in [0, 0.1) is 5.92 Å². The van der Waals surface area contributed by atoms with Gasteiger partial charge in [-0.1, -0.05) is 0 Å². The van der Waals surface area contributed by atoms with Crippen molar-refractivity contribution in [2.24, 2.45) is 11.7 Å². The highest BCUT2D eigenvalue weighted by Gasteiger charge is 2.20. The molecule has 0 aromatic carbocycles. The predicted octanol–water partition coefficient (Wildman–Crippen LogP) is 1.16. The van der Waals surface area contributed by atoms with Crippen LogP contribution >= 0.6 is 11.8 Å². The van der Waals surface area contributed by atoms with Gasteiger partial charge in [-0.05, 0) is 49.8 Å². The predicted molar refractivity (Wildman–Crippen MR) is 59.1 cm³/mol. The van der Waals surface area contributed by atoms with E-state index >= 15 is 0 Å². The van der Waals surface area contributed by atoms with Crippen molar-refractivity contribution < 1.29 is 0 Å². The molecule has 2 aliphatic heterocycles. The monoisotopic (exact) mass is 200 g/mol. The molecular weight excluding hydrogens is 180 g/mol. The lowest BCUT2D eigenvalue weighted by Gasteiger charge is -2.25. The molecule has 2 saturated heterocycles. The number of hydrogen-bond donors (Lipinski definition) is 1. The molecule has 0 aromatic heterocycles. The quantitative estimate of drug-likeness (QED) is 0.738. The van der Waals surface area contributed by atoms with Gasteiger partial charge < -0.3 is 10.6 Å². The Kier molecular flexibility index (Phi) is 3.52. The summed E-state index contributed by atoms with van der Waals surface area (Å²) in [7, 11) is 0. The molecule has 76 valence electrons. The molecule has 0 radical (unpaired) electrons. The van der Waals surface area contributed by atoms with Crippen molar-refractivity contribution in [3.63, 3.8) is 0 Å². The highest BCUT2D eigenvalue weighted by Crippen LogP contribution is 2.28. The molecule has 13 heavy (non-hydrogen) atoms. The summed E-state index contributed by atoms with van der Waals surface area (Å²) >= 11 is 2.09. The fourth-order valence-corrected chi connectivity index (χ4v) is 3.02. The van der Waals surface area contributed by atoms with Crippen molar-refractivity contribution in [1.29, 1.82) is 0 Å². The van der Waals surface area contributed by atoms with Gasteiger partial charge in [0.15, 0.2) is 0 Å². The second-order valence-corrected chi connectivity index (χ2v) is 5.47. The molecule has 2 aliphatic rings. The molecule has 1 atom stereocenters. The Hall–Kier alpha value is 0.270. The van der Waals surface area contributed by atoms with E-state index in [0.717, 1.165) is 12.5 Å². The van der Waals surface area contributed by atoms with Crippen molar-refractivity contribution in [2.45, 2.75) is 25.3 Å². The minimum atomic E-state index is 0.458. The second-order valence-electron chi connectivity index (χ2n) is 4.40. The van der Waals surface area contributed by atoms with Crippen LogP contribution in [-0.2, 0) is 0 Å². The highest BCUT2D eigenvalue weighted by molar-refractivity contribution is 8.00. The molecule has 0 bridgehead atoms. The molecule has 0 spiro atoms. The van der Waals surface area contributed by atoms with Gasteiger partial charge in [0.1, 0.15) is 0 Å². The van der Waals surface area contributed by atoms with Crippen molar-refractivity contribution >= 4 is 11.8 Å². The Bertz CT molecular complexity index is 159. The van der Waals surface area contributed by atoms with E-state index in [9.17, 15) is 0 Å². The number of thioether (sulfide) groups is 1. The van der Waals surface area contributed by atoms with E-state index in [2.05, 4.69) is 16.7 Å². The molecule has 2 nitrogen and oxygen atoms in total. The van der Waals surface area contributed by atoms with Crippen LogP contribution in [0.3, 0.4) is 0 Å². The Labute approximate surface area is 85.2 Å². The summed E-state index contributed by atoms with van der Waals surface area (Å²) in [5.41, 5.74) is 5.85. The number of nitrogens with two attached hydrogens (primary N) is 1. The van der Waals surface area contributed by atoms with Gasteiger partial charge in [0.25, 0.3) is 0 Å². The topological polar surface area (TPSA) is 29.3 Å². The second kappa shape index (κ2) is 4.67. The summed E-state index contributed by atoms with van der Waals surface area (Å²) < 4.78 is 0. The van der Waals surface area contributed by atoms with Gasteiger partial charge in [-0.15, -0.1) is 0 Å². The minimum absolute atomic E-state index is 0.458. The number of rotatable bonds is 4. The Morgan fingerprint density at radius 3 is 2.77 bits per heavy atom. The molecule has 0 amide bonds. The molecule has 2 fully saturated rings. The molecule has 0 saturated carbocycles. The van der Waals surface area contributed by atoms with Gasteiger partial charge in [0, 0.05) is 12.6 Å². The third kappa shape index (κ3) is 2.86. The molecule has 1 unspecified atom stereocenters. The smallest absolute Gasteiger partial charge is 0.0180 e. The first-order chi connectivity index (χ1) is 6.34. The lowest BCUT2D eigenvalue weighted by Crippen LogP contribution is -2.28. The van der Waals surface area contributed by atoms with Crippen molar-refractivity contribution in [2.75, 3.05) is 31.1 Å². The maximum Gasteiger partial charge on any atom is 0.0180 e. The maximum atomic E-state index is 5.85. The molecule has 2 rings (SSSR count). The Morgan fingerprint density at radius 1 is 1.38 bits per heavy atom. The molecule has 2 N–H and O–H groups in total. The molecule has 0 aliphatic carbocycles. The van der Waals surface area contributed by atoms with Crippen LogP contribution in [0.25, 0.3) is 0 Å². The third-order valence-electron chi connectivity index (χ3n) is 3.10. The normalized spacial score (nSPS) is 30.7. The standard InChI is InChI=1S/C10H20N2S/c11-10-3-5-12(6-10)4-1-2-9-7-13-8-9/h9-10H,1-8,11H2. The average molecular weight is 200 g/mol. The van der Waals surface area contributed by atoms with Crippen molar-refractivity contribution in [1.82, 2.24) is 4.90 Å². The van der Waals surface area contributed by atoms with Gasteiger partial charge in [0.05, 0.1) is 0 Å². The molecule has 2 heterocycles. The van der Waals surface area contributed by atoms with Crippen LogP contribution < -0.4 is 5.73 Å². The van der Waals surface area contributed by atoms with Gasteiger partial charge in [-0.2, -0.15) is 11.8 Å². The molecule has 3 heteroatoms. The van der Waals surface area contributed by atoms with E-state index in [4.69, 9.17) is 5.73 Å². The first kappa shape index (κ1) is 9.81. The number of nitrogens with zero attached hydrogens (tertiary/aromatic N) is 1. The van der Waals surface area contributed by atoms with Gasteiger partial charge in [0.2, 0.25) is 0 Å². The van der Waals surface area contributed by atoms with Crippen LogP contribution in [0.1, 0.15) is 19.3 Å². The summed E-state index contributed by atoms with van der Waals surface area (Å²) in [5, 5.41) is 0. The van der Waals surface area contributed by atoms with Gasteiger partial charge in [-0.25, -0.2) is 0 Å². The Morgan fingerprint density at radius 2 is 2.23 bits per heavy atom. The van der Waals surface area contributed by atoms with Crippen LogP contribution in [0.2, 0.25) is 0 Å². The summed E-state index contributed by atoms with van der Waals surface area (Å²) in [6.45, 7) is 3.66. The third-order valence-corrected chi connectivity index (χ3v) is 4.52. The number of hydrogen-bond acceptors (Lipinski definition) is 3. The molecule has 0 aromatic rings. The Balaban J connectivity index is 1.52. The van der Waals surface area contributed by atoms with E-state index in [-0.39, 0.29) is 0 Å². The van der Waals surface area contributed by atoms with Crippen molar-refractivity contribution in [3.8, 4) is 0 Å². The van der Waals surface area contributed by atoms with Crippen molar-refractivity contribution in [3.05, 3.63) is 0 Å². The lowest BCUT2D eigenvalue weighted by molar-refractivity contribution is 0.317. The first-order valence-electron chi connectivity index (χ1n) is 5.40. The maximum absolute atomic E-state index is 5.85. The molecular formula is C10H20N2S.